The van der Waals surface area contributed by atoms with Gasteiger partial charge in [-0.05, 0) is 24.6 Å². The van der Waals surface area contributed by atoms with Gasteiger partial charge in [0.05, 0.1) is 7.11 Å². The zero-order valence-electron chi connectivity index (χ0n) is 6.23. The molecule has 0 N–H and O–H groups in total. The molecule has 56 valence electrons. The fourth-order valence-electron chi connectivity index (χ4n) is 1.05. The van der Waals surface area contributed by atoms with Gasteiger partial charge in [-0.15, -0.1) is 0 Å². The predicted octanol–water partition coefficient (Wildman–Crippen LogP) is 2.20. The van der Waals surface area contributed by atoms with Crippen molar-refractivity contribution in [2.75, 3.05) is 7.11 Å². The topological polar surface area (TPSA) is 9.23 Å². The summed E-state index contributed by atoms with van der Waals surface area (Å²) in [6, 6.07) is 0. The summed E-state index contributed by atoms with van der Waals surface area (Å²) in [6.45, 7) is 1.85. The summed E-state index contributed by atoms with van der Waals surface area (Å²) >= 11 is 0. The molecule has 0 aliphatic heterocycles. The lowest BCUT2D eigenvalue weighted by Gasteiger charge is -2.12. The Morgan fingerprint density at radius 2 is 2.40 bits per heavy atom. The fraction of sp³-hybridized carbons (Fsp3) is 0.500. The van der Waals surface area contributed by atoms with Gasteiger partial charge in [0.1, 0.15) is 11.9 Å². The Hall–Kier alpha value is -0.790. The number of alkyl halides is 1. The molecule has 1 aliphatic carbocycles. The normalized spacial score (nSPS) is 25.3. The van der Waals surface area contributed by atoms with Gasteiger partial charge in [-0.25, -0.2) is 4.39 Å². The van der Waals surface area contributed by atoms with Crippen molar-refractivity contribution >= 4 is 0 Å². The molecule has 0 aromatic rings. The molecule has 0 aromatic carbocycles. The monoisotopic (exact) mass is 142 g/mol. The quantitative estimate of drug-likeness (QED) is 0.545. The predicted molar refractivity (Wildman–Crippen MR) is 38.4 cm³/mol. The van der Waals surface area contributed by atoms with E-state index in [4.69, 9.17) is 4.74 Å². The SMILES string of the molecule is COC1=CCC(F)C=C1C. The molecule has 1 atom stereocenters. The lowest BCUT2D eigenvalue weighted by molar-refractivity contribution is 0.288. The zero-order chi connectivity index (χ0) is 7.56. The Morgan fingerprint density at radius 1 is 1.70 bits per heavy atom. The summed E-state index contributed by atoms with van der Waals surface area (Å²) in [5.74, 6) is 0.800. The first-order valence-electron chi connectivity index (χ1n) is 3.31. The van der Waals surface area contributed by atoms with Crippen LogP contribution >= 0.6 is 0 Å². The molecule has 0 aromatic heterocycles. The van der Waals surface area contributed by atoms with Crippen LogP contribution in [0.3, 0.4) is 0 Å². The lowest BCUT2D eigenvalue weighted by atomic mass is 10.1. The van der Waals surface area contributed by atoms with Crippen molar-refractivity contribution in [3.8, 4) is 0 Å². The highest BCUT2D eigenvalue weighted by Gasteiger charge is 2.10. The van der Waals surface area contributed by atoms with Crippen molar-refractivity contribution in [2.45, 2.75) is 19.5 Å². The van der Waals surface area contributed by atoms with Crippen molar-refractivity contribution in [3.63, 3.8) is 0 Å². The number of allylic oxidation sites excluding steroid dienone is 3. The molecule has 0 bridgehead atoms. The molecule has 1 aliphatic rings. The molecule has 10 heavy (non-hydrogen) atoms. The van der Waals surface area contributed by atoms with Crippen LogP contribution in [0.5, 0.6) is 0 Å². The first-order chi connectivity index (χ1) is 4.74. The molecule has 1 unspecified atom stereocenters. The maximum absolute atomic E-state index is 12.6. The van der Waals surface area contributed by atoms with Gasteiger partial charge >= 0.3 is 0 Å². The summed E-state index contributed by atoms with van der Waals surface area (Å²) in [4.78, 5) is 0. The number of rotatable bonds is 1. The van der Waals surface area contributed by atoms with E-state index in [9.17, 15) is 4.39 Å². The van der Waals surface area contributed by atoms with Crippen LogP contribution in [0.2, 0.25) is 0 Å². The minimum Gasteiger partial charge on any atom is -0.497 e. The number of hydrogen-bond acceptors (Lipinski definition) is 1. The molecule has 0 heterocycles. The molecule has 0 saturated heterocycles. The molecular formula is C8H11FO. The van der Waals surface area contributed by atoms with Gasteiger partial charge < -0.3 is 4.74 Å². The maximum atomic E-state index is 12.6. The second-order valence-corrected chi connectivity index (χ2v) is 2.37. The number of halogens is 1. The molecule has 0 amide bonds. The smallest absolute Gasteiger partial charge is 0.122 e. The van der Waals surface area contributed by atoms with Gasteiger partial charge in [-0.3, -0.25) is 0 Å². The van der Waals surface area contributed by atoms with Gasteiger partial charge in [0.15, 0.2) is 0 Å². The van der Waals surface area contributed by atoms with Crippen molar-refractivity contribution in [1.82, 2.24) is 0 Å². The summed E-state index contributed by atoms with van der Waals surface area (Å²) in [5.41, 5.74) is 0.890. The molecular weight excluding hydrogens is 131 g/mol. The highest BCUT2D eigenvalue weighted by molar-refractivity contribution is 5.28. The van der Waals surface area contributed by atoms with Gasteiger partial charge in [-0.1, -0.05) is 0 Å². The summed E-state index contributed by atoms with van der Waals surface area (Å²) in [5, 5.41) is 0. The van der Waals surface area contributed by atoms with Crippen LogP contribution < -0.4 is 0 Å². The van der Waals surface area contributed by atoms with Crippen molar-refractivity contribution in [2.24, 2.45) is 0 Å². The van der Waals surface area contributed by atoms with Crippen LogP contribution in [0.15, 0.2) is 23.5 Å². The molecule has 0 fully saturated rings. The van der Waals surface area contributed by atoms with E-state index in [1.165, 1.54) is 0 Å². The van der Waals surface area contributed by atoms with E-state index in [2.05, 4.69) is 0 Å². The van der Waals surface area contributed by atoms with E-state index in [-0.39, 0.29) is 0 Å². The molecule has 1 nitrogen and oxygen atoms in total. The van der Waals surface area contributed by atoms with Gasteiger partial charge in [0.2, 0.25) is 0 Å². The third-order valence-corrected chi connectivity index (χ3v) is 1.57. The molecule has 1 rings (SSSR count). The molecule has 0 saturated carbocycles. The van der Waals surface area contributed by atoms with Crippen LogP contribution in [0.25, 0.3) is 0 Å². The number of ether oxygens (including phenoxy) is 1. The Balaban J connectivity index is 2.71. The van der Waals surface area contributed by atoms with E-state index < -0.39 is 6.17 Å². The van der Waals surface area contributed by atoms with Crippen LogP contribution in [0.4, 0.5) is 4.39 Å². The Bertz CT molecular complexity index is 182. The second-order valence-electron chi connectivity index (χ2n) is 2.37. The van der Waals surface area contributed by atoms with Crippen LogP contribution in [0.1, 0.15) is 13.3 Å². The third kappa shape index (κ3) is 1.38. The molecule has 2 heteroatoms. The van der Waals surface area contributed by atoms with Crippen molar-refractivity contribution in [1.29, 1.82) is 0 Å². The van der Waals surface area contributed by atoms with Gasteiger partial charge in [-0.2, -0.15) is 0 Å². The van der Waals surface area contributed by atoms with E-state index >= 15 is 0 Å². The molecule has 0 spiro atoms. The second kappa shape index (κ2) is 2.86. The average molecular weight is 142 g/mol. The van der Waals surface area contributed by atoms with Gasteiger partial charge in [0, 0.05) is 6.42 Å². The standard InChI is InChI=1S/C8H11FO/c1-6-5-7(9)3-4-8(6)10-2/h4-5,7H,3H2,1-2H3. The first-order valence-corrected chi connectivity index (χ1v) is 3.31. The van der Waals surface area contributed by atoms with Gasteiger partial charge in [0.25, 0.3) is 0 Å². The summed E-state index contributed by atoms with van der Waals surface area (Å²) < 4.78 is 17.5. The Labute approximate surface area is 60.2 Å². The van der Waals surface area contributed by atoms with E-state index in [1.807, 2.05) is 6.92 Å². The van der Waals surface area contributed by atoms with Crippen molar-refractivity contribution in [3.05, 3.63) is 23.5 Å². The maximum Gasteiger partial charge on any atom is 0.122 e. The Morgan fingerprint density at radius 3 is 2.90 bits per heavy atom. The highest BCUT2D eigenvalue weighted by atomic mass is 19.1. The van der Waals surface area contributed by atoms with Crippen molar-refractivity contribution < 1.29 is 9.13 Å². The average Bonchev–Trinajstić information content (AvgIpc) is 1.88. The van der Waals surface area contributed by atoms with Crippen LogP contribution in [-0.4, -0.2) is 13.3 Å². The van der Waals surface area contributed by atoms with E-state index in [0.29, 0.717) is 6.42 Å². The Kier molecular flexibility index (Phi) is 2.10. The lowest BCUT2D eigenvalue weighted by Crippen LogP contribution is -2.03. The molecule has 0 radical (unpaired) electrons. The van der Waals surface area contributed by atoms with E-state index in [1.54, 1.807) is 19.3 Å². The first kappa shape index (κ1) is 7.32. The third-order valence-electron chi connectivity index (χ3n) is 1.57. The summed E-state index contributed by atoms with van der Waals surface area (Å²) in [6.07, 6.45) is 2.98. The fourth-order valence-corrected chi connectivity index (χ4v) is 1.05. The van der Waals surface area contributed by atoms with E-state index in [0.717, 1.165) is 11.3 Å². The largest absolute Gasteiger partial charge is 0.497 e. The van der Waals surface area contributed by atoms with Crippen LogP contribution in [-0.2, 0) is 4.74 Å². The highest BCUT2D eigenvalue weighted by Crippen LogP contribution is 2.20. The number of methoxy groups -OCH3 is 1. The minimum absolute atomic E-state index is 0.445. The zero-order valence-corrected chi connectivity index (χ0v) is 6.23. The minimum atomic E-state index is -0.820. The number of hydrogen-bond donors (Lipinski definition) is 0. The van der Waals surface area contributed by atoms with Crippen LogP contribution in [0, 0.1) is 0 Å². The summed E-state index contributed by atoms with van der Waals surface area (Å²) in [7, 11) is 1.60.